The summed E-state index contributed by atoms with van der Waals surface area (Å²) < 4.78 is 0. The molecule has 2 atom stereocenters. The molecule has 2 heterocycles. The van der Waals surface area contributed by atoms with Crippen LogP contribution < -0.4 is 4.90 Å². The second kappa shape index (κ2) is 3.63. The fourth-order valence-corrected chi connectivity index (χ4v) is 3.17. The van der Waals surface area contributed by atoms with Crippen LogP contribution >= 0.6 is 11.6 Å². The molecule has 3 nitrogen and oxygen atoms in total. The summed E-state index contributed by atoms with van der Waals surface area (Å²) in [7, 11) is 0. The lowest BCUT2D eigenvalue weighted by Gasteiger charge is -2.18. The predicted octanol–water partition coefficient (Wildman–Crippen LogP) is 2.37. The molecule has 0 N–H and O–H groups in total. The van der Waals surface area contributed by atoms with Gasteiger partial charge in [0.2, 0.25) is 0 Å². The van der Waals surface area contributed by atoms with E-state index < -0.39 is 0 Å². The van der Waals surface area contributed by atoms with Gasteiger partial charge in [0.25, 0.3) is 0 Å². The van der Waals surface area contributed by atoms with Crippen molar-refractivity contribution in [2.75, 3.05) is 18.0 Å². The minimum atomic E-state index is 0.678. The molecule has 1 saturated heterocycles. The molecule has 2 fully saturated rings. The summed E-state index contributed by atoms with van der Waals surface area (Å²) in [6, 6.07) is 0. The molecule has 4 heteroatoms. The van der Waals surface area contributed by atoms with Gasteiger partial charge in [-0.2, -0.15) is 0 Å². The minimum absolute atomic E-state index is 0.678. The normalized spacial score (nSPS) is 29.5. The minimum Gasteiger partial charge on any atom is -0.355 e. The third kappa shape index (κ3) is 1.59. The Morgan fingerprint density at radius 3 is 2.67 bits per heavy atom. The van der Waals surface area contributed by atoms with Crippen molar-refractivity contribution < 1.29 is 0 Å². The molecule has 0 amide bonds. The summed E-state index contributed by atoms with van der Waals surface area (Å²) in [6.07, 6.45) is 7.42. The van der Waals surface area contributed by atoms with Gasteiger partial charge in [0, 0.05) is 13.1 Å². The van der Waals surface area contributed by atoms with Crippen LogP contribution in [0.1, 0.15) is 19.3 Å². The Balaban J connectivity index is 1.82. The Morgan fingerprint density at radius 1 is 1.27 bits per heavy atom. The monoisotopic (exact) mass is 223 g/mol. The van der Waals surface area contributed by atoms with Crippen LogP contribution in [0.5, 0.6) is 0 Å². The molecule has 15 heavy (non-hydrogen) atoms. The van der Waals surface area contributed by atoms with E-state index in [1.54, 1.807) is 12.5 Å². The smallest absolute Gasteiger partial charge is 0.150 e. The fourth-order valence-electron chi connectivity index (χ4n) is 2.95. The number of nitrogens with zero attached hydrogens (tertiary/aromatic N) is 3. The average Bonchev–Trinajstić information content (AvgIpc) is 2.77. The Labute approximate surface area is 94.5 Å². The van der Waals surface area contributed by atoms with E-state index in [2.05, 4.69) is 14.9 Å². The molecule has 1 aromatic rings. The fraction of sp³-hybridized carbons (Fsp3) is 0.636. The number of fused-ring (bicyclic) bond motifs is 1. The zero-order chi connectivity index (χ0) is 10.3. The van der Waals surface area contributed by atoms with Crippen molar-refractivity contribution in [3.05, 3.63) is 17.5 Å². The maximum absolute atomic E-state index is 6.09. The highest BCUT2D eigenvalue weighted by Crippen LogP contribution is 2.40. The number of aromatic nitrogens is 2. The van der Waals surface area contributed by atoms with E-state index >= 15 is 0 Å². The number of hydrogen-bond donors (Lipinski definition) is 0. The number of halogens is 1. The van der Waals surface area contributed by atoms with Crippen molar-refractivity contribution in [2.24, 2.45) is 11.8 Å². The predicted molar refractivity (Wildman–Crippen MR) is 60.1 cm³/mol. The van der Waals surface area contributed by atoms with Gasteiger partial charge in [-0.15, -0.1) is 0 Å². The van der Waals surface area contributed by atoms with Gasteiger partial charge in [-0.25, -0.2) is 9.97 Å². The van der Waals surface area contributed by atoms with Crippen molar-refractivity contribution in [1.82, 2.24) is 9.97 Å². The standard InChI is InChI=1S/C11H14ClN3/c12-10-4-13-7-14-11(10)15-5-8-2-1-3-9(8)6-15/h4,7-9H,1-3,5-6H2. The quantitative estimate of drug-likeness (QED) is 0.732. The lowest BCUT2D eigenvalue weighted by atomic mass is 10.0. The zero-order valence-corrected chi connectivity index (χ0v) is 9.32. The Morgan fingerprint density at radius 2 is 2.00 bits per heavy atom. The molecular weight excluding hydrogens is 210 g/mol. The van der Waals surface area contributed by atoms with Gasteiger partial charge < -0.3 is 4.90 Å². The van der Waals surface area contributed by atoms with E-state index in [0.717, 1.165) is 30.7 Å². The molecule has 3 rings (SSSR count). The van der Waals surface area contributed by atoms with Gasteiger partial charge in [-0.05, 0) is 24.7 Å². The van der Waals surface area contributed by atoms with E-state index in [-0.39, 0.29) is 0 Å². The molecule has 2 aliphatic rings. The summed E-state index contributed by atoms with van der Waals surface area (Å²) in [5.41, 5.74) is 0. The second-order valence-electron chi connectivity index (χ2n) is 4.55. The second-order valence-corrected chi connectivity index (χ2v) is 4.96. The molecule has 2 unspecified atom stereocenters. The lowest BCUT2D eigenvalue weighted by Crippen LogP contribution is -2.22. The molecule has 0 spiro atoms. The SMILES string of the molecule is Clc1cncnc1N1CC2CCCC2C1. The summed E-state index contributed by atoms with van der Waals surface area (Å²) in [5.74, 6) is 2.66. The van der Waals surface area contributed by atoms with Crippen LogP contribution in [-0.4, -0.2) is 23.1 Å². The van der Waals surface area contributed by atoms with Crippen molar-refractivity contribution in [3.63, 3.8) is 0 Å². The van der Waals surface area contributed by atoms with Crippen molar-refractivity contribution >= 4 is 17.4 Å². The summed E-state index contributed by atoms with van der Waals surface area (Å²) in [5, 5.41) is 0.678. The molecule has 1 aliphatic carbocycles. The largest absolute Gasteiger partial charge is 0.355 e. The van der Waals surface area contributed by atoms with Crippen molar-refractivity contribution in [3.8, 4) is 0 Å². The van der Waals surface area contributed by atoms with E-state index in [1.807, 2.05) is 0 Å². The van der Waals surface area contributed by atoms with Crippen LogP contribution in [0.4, 0.5) is 5.82 Å². The van der Waals surface area contributed by atoms with Gasteiger partial charge in [-0.1, -0.05) is 18.0 Å². The average molecular weight is 224 g/mol. The zero-order valence-electron chi connectivity index (χ0n) is 8.56. The van der Waals surface area contributed by atoms with Crippen molar-refractivity contribution in [2.45, 2.75) is 19.3 Å². The van der Waals surface area contributed by atoms with E-state index in [9.17, 15) is 0 Å². The van der Waals surface area contributed by atoms with Crippen LogP contribution in [0.25, 0.3) is 0 Å². The first-order valence-electron chi connectivity index (χ1n) is 5.55. The Bertz CT molecular complexity index is 357. The summed E-state index contributed by atoms with van der Waals surface area (Å²) in [6.45, 7) is 2.25. The third-order valence-electron chi connectivity index (χ3n) is 3.67. The molecular formula is C11H14ClN3. The number of hydrogen-bond acceptors (Lipinski definition) is 3. The molecule has 1 saturated carbocycles. The molecule has 1 aromatic heterocycles. The first-order valence-corrected chi connectivity index (χ1v) is 5.93. The third-order valence-corrected chi connectivity index (χ3v) is 3.94. The molecule has 0 bridgehead atoms. The maximum Gasteiger partial charge on any atom is 0.150 e. The van der Waals surface area contributed by atoms with E-state index in [0.29, 0.717) is 5.02 Å². The lowest BCUT2D eigenvalue weighted by molar-refractivity contribution is 0.494. The van der Waals surface area contributed by atoms with Crippen LogP contribution in [0.2, 0.25) is 5.02 Å². The summed E-state index contributed by atoms with van der Waals surface area (Å²) >= 11 is 6.09. The highest BCUT2D eigenvalue weighted by molar-refractivity contribution is 6.32. The van der Waals surface area contributed by atoms with Crippen LogP contribution in [0.3, 0.4) is 0 Å². The number of anilines is 1. The summed E-state index contributed by atoms with van der Waals surface area (Å²) in [4.78, 5) is 10.5. The molecule has 0 radical (unpaired) electrons. The first kappa shape index (κ1) is 9.40. The van der Waals surface area contributed by atoms with E-state index in [4.69, 9.17) is 11.6 Å². The molecule has 80 valence electrons. The maximum atomic E-state index is 6.09. The van der Waals surface area contributed by atoms with Gasteiger partial charge in [0.1, 0.15) is 11.3 Å². The Hall–Kier alpha value is -0.830. The van der Waals surface area contributed by atoms with Gasteiger partial charge >= 0.3 is 0 Å². The van der Waals surface area contributed by atoms with Gasteiger partial charge in [0.15, 0.2) is 5.82 Å². The van der Waals surface area contributed by atoms with Gasteiger partial charge in [-0.3, -0.25) is 0 Å². The topological polar surface area (TPSA) is 29.0 Å². The highest BCUT2D eigenvalue weighted by Gasteiger charge is 2.36. The first-order chi connectivity index (χ1) is 7.34. The van der Waals surface area contributed by atoms with Crippen LogP contribution in [-0.2, 0) is 0 Å². The van der Waals surface area contributed by atoms with Crippen molar-refractivity contribution in [1.29, 1.82) is 0 Å². The van der Waals surface area contributed by atoms with Crippen LogP contribution in [0.15, 0.2) is 12.5 Å². The highest BCUT2D eigenvalue weighted by atomic mass is 35.5. The number of rotatable bonds is 1. The van der Waals surface area contributed by atoms with Crippen LogP contribution in [0, 0.1) is 11.8 Å². The van der Waals surface area contributed by atoms with Gasteiger partial charge in [0.05, 0.1) is 6.20 Å². The Kier molecular flexibility index (Phi) is 2.28. The molecule has 1 aliphatic heterocycles. The van der Waals surface area contributed by atoms with E-state index in [1.165, 1.54) is 19.3 Å². The molecule has 0 aromatic carbocycles.